The molecular formula is C24H29N5OS. The second-order valence-electron chi connectivity index (χ2n) is 8.01. The Bertz CT molecular complexity index is 1070. The Hall–Kier alpha value is -2.67. The molecule has 31 heavy (non-hydrogen) atoms. The van der Waals surface area contributed by atoms with E-state index in [0.717, 1.165) is 51.7 Å². The van der Waals surface area contributed by atoms with Gasteiger partial charge in [0.15, 0.2) is 5.16 Å². The molecule has 0 unspecified atom stereocenters. The van der Waals surface area contributed by atoms with Crippen LogP contribution in [-0.2, 0) is 11.2 Å². The van der Waals surface area contributed by atoms with E-state index in [9.17, 15) is 4.79 Å². The second kappa shape index (κ2) is 9.64. The zero-order valence-electron chi connectivity index (χ0n) is 18.4. The molecule has 0 spiro atoms. The van der Waals surface area contributed by atoms with Crippen LogP contribution in [0.2, 0.25) is 0 Å². The normalized spacial score (nSPS) is 14.1. The number of pyridine rings is 1. The Morgan fingerprint density at radius 2 is 1.81 bits per heavy atom. The van der Waals surface area contributed by atoms with E-state index in [2.05, 4.69) is 31.2 Å². The van der Waals surface area contributed by atoms with E-state index in [4.69, 9.17) is 0 Å². The molecule has 0 atom stereocenters. The summed E-state index contributed by atoms with van der Waals surface area (Å²) >= 11 is 1.53. The van der Waals surface area contributed by atoms with Gasteiger partial charge in [0, 0.05) is 59.8 Å². The molecule has 0 bridgehead atoms. The molecule has 0 aliphatic carbocycles. The molecule has 1 aliphatic heterocycles. The molecule has 7 heteroatoms. The van der Waals surface area contributed by atoms with Crippen molar-refractivity contribution in [3.8, 4) is 0 Å². The molecule has 1 fully saturated rings. The maximum Gasteiger partial charge on any atom is 0.224 e. The highest BCUT2D eigenvalue weighted by Crippen LogP contribution is 2.33. The molecule has 4 rings (SSSR count). The number of aromatic nitrogens is 3. The lowest BCUT2D eigenvalue weighted by atomic mass is 10.0. The highest BCUT2D eigenvalue weighted by Gasteiger charge is 2.16. The Balaban J connectivity index is 1.51. The first-order valence-corrected chi connectivity index (χ1v) is 12.1. The quantitative estimate of drug-likeness (QED) is 0.437. The van der Waals surface area contributed by atoms with Crippen LogP contribution < -0.4 is 10.2 Å². The van der Waals surface area contributed by atoms with Crippen molar-refractivity contribution in [3.63, 3.8) is 0 Å². The molecular weight excluding hydrogens is 406 g/mol. The SMILES string of the molecule is CSc1nc(C)c(CCC(=O)Nc2ccc(N3CCCCC3)c3ccncc23)c(C)n1. The molecule has 162 valence electrons. The van der Waals surface area contributed by atoms with Crippen LogP contribution in [0.5, 0.6) is 0 Å². The predicted octanol–water partition coefficient (Wildman–Crippen LogP) is 4.93. The Morgan fingerprint density at radius 3 is 2.52 bits per heavy atom. The van der Waals surface area contributed by atoms with Crippen molar-refractivity contribution in [2.24, 2.45) is 0 Å². The number of carbonyl (C=O) groups is 1. The van der Waals surface area contributed by atoms with Crippen molar-refractivity contribution in [2.75, 3.05) is 29.6 Å². The van der Waals surface area contributed by atoms with Gasteiger partial charge < -0.3 is 10.2 Å². The fourth-order valence-electron chi connectivity index (χ4n) is 4.31. The van der Waals surface area contributed by atoms with E-state index in [-0.39, 0.29) is 5.91 Å². The number of anilines is 2. The number of thioether (sulfide) groups is 1. The van der Waals surface area contributed by atoms with Gasteiger partial charge in [-0.15, -0.1) is 0 Å². The molecule has 1 N–H and O–H groups in total. The molecule has 0 radical (unpaired) electrons. The number of fused-ring (bicyclic) bond motifs is 1. The van der Waals surface area contributed by atoms with Crippen LogP contribution in [0.4, 0.5) is 11.4 Å². The molecule has 0 saturated carbocycles. The third-order valence-electron chi connectivity index (χ3n) is 5.95. The van der Waals surface area contributed by atoms with Crippen LogP contribution >= 0.6 is 11.8 Å². The van der Waals surface area contributed by atoms with Crippen LogP contribution in [-0.4, -0.2) is 40.2 Å². The highest BCUT2D eigenvalue weighted by molar-refractivity contribution is 7.98. The minimum absolute atomic E-state index is 0.0105. The third-order valence-corrected chi connectivity index (χ3v) is 6.50. The summed E-state index contributed by atoms with van der Waals surface area (Å²) < 4.78 is 0. The summed E-state index contributed by atoms with van der Waals surface area (Å²) in [5.41, 5.74) is 5.00. The average Bonchev–Trinajstić information content (AvgIpc) is 2.79. The molecule has 1 saturated heterocycles. The van der Waals surface area contributed by atoms with Gasteiger partial charge in [-0.25, -0.2) is 9.97 Å². The zero-order chi connectivity index (χ0) is 21.8. The first-order valence-electron chi connectivity index (χ1n) is 10.9. The molecule has 3 heterocycles. The number of hydrogen-bond donors (Lipinski definition) is 1. The number of nitrogens with zero attached hydrogens (tertiary/aromatic N) is 4. The monoisotopic (exact) mass is 435 g/mol. The minimum atomic E-state index is -0.0105. The topological polar surface area (TPSA) is 71.0 Å². The summed E-state index contributed by atoms with van der Waals surface area (Å²) in [4.78, 5) is 28.6. The average molecular weight is 436 g/mol. The number of piperidine rings is 1. The highest BCUT2D eigenvalue weighted by atomic mass is 32.2. The number of hydrogen-bond acceptors (Lipinski definition) is 6. The Kier molecular flexibility index (Phi) is 6.70. The lowest BCUT2D eigenvalue weighted by molar-refractivity contribution is -0.116. The van der Waals surface area contributed by atoms with Crippen molar-refractivity contribution < 1.29 is 4.79 Å². The molecule has 6 nitrogen and oxygen atoms in total. The van der Waals surface area contributed by atoms with E-state index in [1.807, 2.05) is 44.6 Å². The number of nitrogens with one attached hydrogen (secondary N) is 1. The fourth-order valence-corrected chi connectivity index (χ4v) is 4.76. The van der Waals surface area contributed by atoms with Gasteiger partial charge in [-0.05, 0) is 69.5 Å². The van der Waals surface area contributed by atoms with Crippen molar-refractivity contribution >= 4 is 39.8 Å². The van der Waals surface area contributed by atoms with Gasteiger partial charge in [-0.3, -0.25) is 9.78 Å². The third kappa shape index (κ3) is 4.82. The van der Waals surface area contributed by atoms with Crippen molar-refractivity contribution in [3.05, 3.63) is 47.5 Å². The first kappa shape index (κ1) is 21.6. The summed E-state index contributed by atoms with van der Waals surface area (Å²) in [6.45, 7) is 6.14. The van der Waals surface area contributed by atoms with E-state index in [0.29, 0.717) is 12.8 Å². The van der Waals surface area contributed by atoms with Crippen molar-refractivity contribution in [2.45, 2.75) is 51.1 Å². The maximum absolute atomic E-state index is 12.8. The molecule has 3 aromatic rings. The van der Waals surface area contributed by atoms with Crippen LogP contribution in [0, 0.1) is 13.8 Å². The van der Waals surface area contributed by atoms with E-state index in [1.54, 1.807) is 0 Å². The van der Waals surface area contributed by atoms with Crippen LogP contribution in [0.1, 0.15) is 42.6 Å². The zero-order valence-corrected chi connectivity index (χ0v) is 19.3. The van der Waals surface area contributed by atoms with Crippen LogP contribution in [0.3, 0.4) is 0 Å². The largest absolute Gasteiger partial charge is 0.371 e. The van der Waals surface area contributed by atoms with Gasteiger partial charge in [0.05, 0.1) is 5.69 Å². The predicted molar refractivity (Wildman–Crippen MR) is 128 cm³/mol. The summed E-state index contributed by atoms with van der Waals surface area (Å²) in [5, 5.41) is 6.00. The first-order chi connectivity index (χ1) is 15.1. The van der Waals surface area contributed by atoms with Gasteiger partial charge in [0.2, 0.25) is 5.91 Å². The van der Waals surface area contributed by atoms with Gasteiger partial charge in [-0.1, -0.05) is 11.8 Å². The van der Waals surface area contributed by atoms with Gasteiger partial charge in [0.1, 0.15) is 0 Å². The maximum atomic E-state index is 12.8. The second-order valence-corrected chi connectivity index (χ2v) is 8.78. The number of rotatable bonds is 6. The Morgan fingerprint density at radius 1 is 1.06 bits per heavy atom. The summed E-state index contributed by atoms with van der Waals surface area (Å²) in [6.07, 6.45) is 10.4. The van der Waals surface area contributed by atoms with Crippen LogP contribution in [0.15, 0.2) is 35.7 Å². The lowest BCUT2D eigenvalue weighted by Crippen LogP contribution is -2.29. The van der Waals surface area contributed by atoms with E-state index in [1.165, 1.54) is 36.7 Å². The van der Waals surface area contributed by atoms with Gasteiger partial charge in [-0.2, -0.15) is 0 Å². The Labute approximate surface area is 187 Å². The number of amides is 1. The fraction of sp³-hybridized carbons (Fsp3) is 0.417. The minimum Gasteiger partial charge on any atom is -0.371 e. The van der Waals surface area contributed by atoms with E-state index >= 15 is 0 Å². The van der Waals surface area contributed by atoms with Crippen LogP contribution in [0.25, 0.3) is 10.8 Å². The molecule has 1 amide bonds. The summed E-state index contributed by atoms with van der Waals surface area (Å²) in [6, 6.07) is 6.19. The van der Waals surface area contributed by atoms with Crippen molar-refractivity contribution in [1.29, 1.82) is 0 Å². The van der Waals surface area contributed by atoms with E-state index < -0.39 is 0 Å². The summed E-state index contributed by atoms with van der Waals surface area (Å²) in [5.74, 6) is -0.0105. The lowest BCUT2D eigenvalue weighted by Gasteiger charge is -2.30. The number of aryl methyl sites for hydroxylation is 2. The molecule has 1 aliphatic rings. The number of carbonyl (C=O) groups excluding carboxylic acids is 1. The van der Waals surface area contributed by atoms with Gasteiger partial charge in [0.25, 0.3) is 0 Å². The smallest absolute Gasteiger partial charge is 0.224 e. The van der Waals surface area contributed by atoms with Crippen molar-refractivity contribution in [1.82, 2.24) is 15.0 Å². The molecule has 1 aromatic carbocycles. The van der Waals surface area contributed by atoms with Gasteiger partial charge >= 0.3 is 0 Å². The summed E-state index contributed by atoms with van der Waals surface area (Å²) in [7, 11) is 0. The number of benzene rings is 1. The standard InChI is InChI=1S/C24H29N5OS/c1-16-18(17(2)27-24(26-16)31-3)7-10-23(30)28-21-8-9-22(29-13-5-4-6-14-29)19-11-12-25-15-20(19)21/h8-9,11-12,15H,4-7,10,13-14H2,1-3H3,(H,28,30). The molecule has 2 aromatic heterocycles.